The van der Waals surface area contributed by atoms with Gasteiger partial charge in [0.25, 0.3) is 17.9 Å². The molecule has 10 heteroatoms. The fourth-order valence-corrected chi connectivity index (χ4v) is 4.38. The monoisotopic (exact) mass is 468 g/mol. The molecule has 1 aromatic carbocycles. The maximum Gasteiger partial charge on any atom is 0.272 e. The summed E-state index contributed by atoms with van der Waals surface area (Å²) in [4.78, 5) is 34.6. The summed E-state index contributed by atoms with van der Waals surface area (Å²) < 4.78 is 27.5. The van der Waals surface area contributed by atoms with Crippen molar-refractivity contribution in [2.75, 3.05) is 17.6 Å². The Morgan fingerprint density at radius 3 is 2.59 bits per heavy atom. The Hall–Kier alpha value is -3.66. The molecule has 1 aliphatic heterocycles. The molecule has 34 heavy (non-hydrogen) atoms. The van der Waals surface area contributed by atoms with Crippen LogP contribution < -0.4 is 21.9 Å². The number of anilines is 2. The smallest absolute Gasteiger partial charge is 0.272 e. The highest BCUT2D eigenvalue weighted by molar-refractivity contribution is 6.06. The molecule has 4 N–H and O–H groups in total. The third-order valence-electron chi connectivity index (χ3n) is 5.96. The van der Waals surface area contributed by atoms with Crippen molar-refractivity contribution in [2.24, 2.45) is 0 Å². The van der Waals surface area contributed by atoms with E-state index in [4.69, 9.17) is 5.73 Å². The van der Waals surface area contributed by atoms with E-state index in [0.29, 0.717) is 22.5 Å². The van der Waals surface area contributed by atoms with Gasteiger partial charge in [-0.25, -0.2) is 13.8 Å². The van der Waals surface area contributed by atoms with Crippen LogP contribution in [0, 0.1) is 13.8 Å². The van der Waals surface area contributed by atoms with Crippen molar-refractivity contribution in [3.05, 3.63) is 75.1 Å². The second kappa shape index (κ2) is 9.68. The van der Waals surface area contributed by atoms with Gasteiger partial charge in [-0.15, -0.1) is 0 Å². The highest BCUT2D eigenvalue weighted by Gasteiger charge is 2.22. The van der Waals surface area contributed by atoms with Gasteiger partial charge in [0.05, 0.1) is 17.6 Å². The third kappa shape index (κ3) is 4.67. The number of hydrogen-bond donors (Lipinski definition) is 3. The molecule has 0 bridgehead atoms. The first kappa shape index (κ1) is 23.5. The maximum atomic E-state index is 13.3. The number of nitrogen functional groups attached to an aromatic ring is 1. The van der Waals surface area contributed by atoms with E-state index in [1.54, 1.807) is 20.0 Å². The van der Waals surface area contributed by atoms with Gasteiger partial charge >= 0.3 is 0 Å². The molecule has 4 rings (SSSR count). The normalized spacial score (nSPS) is 16.0. The van der Waals surface area contributed by atoms with Crippen LogP contribution in [-0.4, -0.2) is 27.0 Å². The second-order valence-corrected chi connectivity index (χ2v) is 8.45. The number of amides is 1. The first-order valence-corrected chi connectivity index (χ1v) is 11.0. The van der Waals surface area contributed by atoms with Crippen molar-refractivity contribution in [2.45, 2.75) is 45.6 Å². The molecule has 0 unspecified atom stereocenters. The van der Waals surface area contributed by atoms with Crippen molar-refractivity contribution >= 4 is 17.4 Å². The van der Waals surface area contributed by atoms with Crippen LogP contribution in [0.15, 0.2) is 41.7 Å². The Labute approximate surface area is 195 Å². The van der Waals surface area contributed by atoms with Crippen LogP contribution in [0.1, 0.15) is 64.3 Å². The molecule has 1 amide bonds. The van der Waals surface area contributed by atoms with Gasteiger partial charge in [-0.2, -0.15) is 0 Å². The lowest BCUT2D eigenvalue weighted by Crippen LogP contribution is -2.31. The molecule has 3 heterocycles. The molecule has 178 valence electrons. The average Bonchev–Trinajstić information content (AvgIpc) is 2.80. The SMILES string of the molecule is Cc1cc(C(F)F)cc(C)c1-n1cnc(N)c(C(=O)Nc2cncc([C@H]3CCCCN3)c2)c1=O. The first-order chi connectivity index (χ1) is 16.3. The Kier molecular flexibility index (Phi) is 6.69. The number of nitrogens with zero attached hydrogens (tertiary/aromatic N) is 3. The molecular weight excluding hydrogens is 442 g/mol. The Morgan fingerprint density at radius 2 is 1.94 bits per heavy atom. The van der Waals surface area contributed by atoms with Crippen molar-refractivity contribution < 1.29 is 13.6 Å². The number of aromatic nitrogens is 3. The molecule has 8 nitrogen and oxygen atoms in total. The lowest BCUT2D eigenvalue weighted by molar-refractivity contribution is 0.102. The van der Waals surface area contributed by atoms with E-state index < -0.39 is 17.9 Å². The van der Waals surface area contributed by atoms with E-state index in [2.05, 4.69) is 20.6 Å². The van der Waals surface area contributed by atoms with Crippen molar-refractivity contribution in [3.63, 3.8) is 0 Å². The highest BCUT2D eigenvalue weighted by Crippen LogP contribution is 2.27. The summed E-state index contributed by atoms with van der Waals surface area (Å²) in [6.07, 6.45) is 5.01. The van der Waals surface area contributed by atoms with Crippen molar-refractivity contribution in [1.29, 1.82) is 0 Å². The topological polar surface area (TPSA) is 115 Å². The second-order valence-electron chi connectivity index (χ2n) is 8.45. The molecule has 0 spiro atoms. The largest absolute Gasteiger partial charge is 0.383 e. The number of benzene rings is 1. The number of halogens is 2. The molecule has 1 atom stereocenters. The van der Waals surface area contributed by atoms with E-state index in [0.717, 1.165) is 35.9 Å². The van der Waals surface area contributed by atoms with Gasteiger partial charge in [0.1, 0.15) is 17.7 Å². The van der Waals surface area contributed by atoms with Crippen LogP contribution in [-0.2, 0) is 0 Å². The summed E-state index contributed by atoms with van der Waals surface area (Å²) in [5.74, 6) is -0.948. The predicted octanol–water partition coefficient (Wildman–Crippen LogP) is 3.83. The number of piperidine rings is 1. The Bertz CT molecular complexity index is 1260. The number of aryl methyl sites for hydroxylation is 2. The molecule has 2 aromatic heterocycles. The van der Waals surface area contributed by atoms with Crippen LogP contribution in [0.3, 0.4) is 0 Å². The van der Waals surface area contributed by atoms with E-state index in [9.17, 15) is 18.4 Å². The van der Waals surface area contributed by atoms with E-state index in [-0.39, 0.29) is 23.0 Å². The highest BCUT2D eigenvalue weighted by atomic mass is 19.3. The molecule has 0 aliphatic carbocycles. The fourth-order valence-electron chi connectivity index (χ4n) is 4.38. The fraction of sp³-hybridized carbons (Fsp3) is 0.333. The van der Waals surface area contributed by atoms with Gasteiger partial charge in [-0.1, -0.05) is 6.42 Å². The Balaban J connectivity index is 1.67. The van der Waals surface area contributed by atoms with Gasteiger partial charge in [0.15, 0.2) is 0 Å². The number of hydrogen-bond acceptors (Lipinski definition) is 6. The number of pyridine rings is 1. The van der Waals surface area contributed by atoms with Crippen LogP contribution in [0.2, 0.25) is 0 Å². The molecule has 0 saturated carbocycles. The van der Waals surface area contributed by atoms with E-state index >= 15 is 0 Å². The maximum absolute atomic E-state index is 13.3. The van der Waals surface area contributed by atoms with Gasteiger partial charge in [0.2, 0.25) is 0 Å². The number of carbonyl (C=O) groups excluding carboxylic acids is 1. The molecular formula is C24H26F2N6O2. The van der Waals surface area contributed by atoms with Gasteiger partial charge < -0.3 is 16.4 Å². The van der Waals surface area contributed by atoms with Crippen LogP contribution >= 0.6 is 0 Å². The van der Waals surface area contributed by atoms with Gasteiger partial charge in [0, 0.05) is 17.8 Å². The number of nitrogens with two attached hydrogens (primary N) is 1. The zero-order valence-corrected chi connectivity index (χ0v) is 18.9. The van der Waals surface area contributed by atoms with Gasteiger partial charge in [-0.3, -0.25) is 19.1 Å². The minimum absolute atomic E-state index is 0.145. The lowest BCUT2D eigenvalue weighted by atomic mass is 9.99. The summed E-state index contributed by atoms with van der Waals surface area (Å²) in [6, 6.07) is 4.59. The molecule has 1 aliphatic rings. The molecule has 3 aromatic rings. The predicted molar refractivity (Wildman–Crippen MR) is 125 cm³/mol. The summed E-state index contributed by atoms with van der Waals surface area (Å²) in [6.45, 7) is 4.16. The quantitative estimate of drug-likeness (QED) is 0.524. The van der Waals surface area contributed by atoms with E-state index in [1.165, 1.54) is 24.7 Å². The van der Waals surface area contributed by atoms with Crippen LogP contribution in [0.4, 0.5) is 20.3 Å². The van der Waals surface area contributed by atoms with Crippen LogP contribution in [0.5, 0.6) is 0 Å². The summed E-state index contributed by atoms with van der Waals surface area (Å²) in [7, 11) is 0. The van der Waals surface area contributed by atoms with Crippen LogP contribution in [0.25, 0.3) is 5.69 Å². The number of rotatable bonds is 5. The summed E-state index contributed by atoms with van der Waals surface area (Å²) in [5.41, 5.74) is 7.38. The summed E-state index contributed by atoms with van der Waals surface area (Å²) >= 11 is 0. The number of nitrogens with one attached hydrogen (secondary N) is 2. The summed E-state index contributed by atoms with van der Waals surface area (Å²) in [5, 5.41) is 6.12. The minimum atomic E-state index is -2.64. The minimum Gasteiger partial charge on any atom is -0.383 e. The van der Waals surface area contributed by atoms with Crippen molar-refractivity contribution in [3.8, 4) is 5.69 Å². The van der Waals surface area contributed by atoms with Gasteiger partial charge in [-0.05, 0) is 68.1 Å². The first-order valence-electron chi connectivity index (χ1n) is 11.0. The molecule has 1 saturated heterocycles. The molecule has 0 radical (unpaired) electrons. The number of carbonyl (C=O) groups is 1. The van der Waals surface area contributed by atoms with Crippen molar-refractivity contribution in [1.82, 2.24) is 19.9 Å². The average molecular weight is 469 g/mol. The van der Waals surface area contributed by atoms with E-state index in [1.807, 2.05) is 6.07 Å². The standard InChI is InChI=1S/C24H26F2N6O2/c1-13-7-15(21(25)26)8-14(2)20(13)32-12-30-22(27)19(24(32)34)23(33)31-17-9-16(10-28-11-17)18-5-3-4-6-29-18/h7-12,18,21,29H,3-6,27H2,1-2H3,(H,31,33)/t18-/m1/s1. The number of alkyl halides is 2. The molecule has 1 fully saturated rings. The zero-order valence-electron chi connectivity index (χ0n) is 18.9. The Morgan fingerprint density at radius 1 is 1.21 bits per heavy atom. The zero-order chi connectivity index (χ0) is 24.4. The third-order valence-corrected chi connectivity index (χ3v) is 5.96. The lowest BCUT2D eigenvalue weighted by Gasteiger charge is -2.23.